The number of aliphatic hydroxyl groups is 1. The minimum absolute atomic E-state index is 0.0454. The third kappa shape index (κ3) is 8.00. The SMILES string of the molecule is CC(=O)NC1(CO)CC[C@@](CO[C@H](C)c2cc(C(F)(F)F)cc(C(F)(F)F)c2)(c2ccccc2)N(C(=O)OCc2ccccc2)C1. The summed E-state index contributed by atoms with van der Waals surface area (Å²) in [5.41, 5.74) is -4.69. The molecule has 3 atom stereocenters. The summed E-state index contributed by atoms with van der Waals surface area (Å²) in [6.07, 6.45) is -11.9. The third-order valence-corrected chi connectivity index (χ3v) is 8.13. The molecular weight excluding hydrogens is 618 g/mol. The number of alkyl halides is 6. The quantitative estimate of drug-likeness (QED) is 0.243. The van der Waals surface area contributed by atoms with E-state index >= 15 is 0 Å². The monoisotopic (exact) mass is 652 g/mol. The van der Waals surface area contributed by atoms with Crippen molar-refractivity contribution >= 4 is 12.0 Å². The second kappa shape index (κ2) is 13.7. The predicted molar refractivity (Wildman–Crippen MR) is 155 cm³/mol. The van der Waals surface area contributed by atoms with E-state index in [0.717, 1.165) is 0 Å². The fourth-order valence-corrected chi connectivity index (χ4v) is 5.65. The summed E-state index contributed by atoms with van der Waals surface area (Å²) in [5, 5.41) is 13.1. The van der Waals surface area contributed by atoms with E-state index in [-0.39, 0.29) is 44.2 Å². The van der Waals surface area contributed by atoms with E-state index in [1.54, 1.807) is 60.7 Å². The molecule has 0 radical (unpaired) electrons. The van der Waals surface area contributed by atoms with E-state index < -0.39 is 59.3 Å². The number of likely N-dealkylation sites (tertiary alicyclic amines) is 1. The van der Waals surface area contributed by atoms with Crippen molar-refractivity contribution < 1.29 is 50.5 Å². The highest BCUT2D eigenvalue weighted by molar-refractivity contribution is 5.75. The zero-order valence-corrected chi connectivity index (χ0v) is 25.1. The number of carbonyl (C=O) groups is 2. The Balaban J connectivity index is 1.74. The van der Waals surface area contributed by atoms with Gasteiger partial charge in [-0.25, -0.2) is 4.79 Å². The van der Waals surface area contributed by atoms with Gasteiger partial charge in [0.1, 0.15) is 6.61 Å². The maximum Gasteiger partial charge on any atom is 0.416 e. The zero-order valence-electron chi connectivity index (χ0n) is 25.1. The molecule has 1 fully saturated rings. The normalized spacial score (nSPS) is 21.0. The van der Waals surface area contributed by atoms with E-state index in [9.17, 15) is 41.0 Å². The van der Waals surface area contributed by atoms with Crippen molar-refractivity contribution in [3.63, 3.8) is 0 Å². The molecule has 0 aliphatic carbocycles. The molecule has 7 nitrogen and oxygen atoms in total. The van der Waals surface area contributed by atoms with Crippen LogP contribution in [-0.4, -0.2) is 47.3 Å². The first-order valence-electron chi connectivity index (χ1n) is 14.4. The average Bonchev–Trinajstić information content (AvgIpc) is 3.02. The highest BCUT2D eigenvalue weighted by Gasteiger charge is 2.52. The summed E-state index contributed by atoms with van der Waals surface area (Å²) in [6, 6.07) is 18.6. The summed E-state index contributed by atoms with van der Waals surface area (Å²) >= 11 is 0. The van der Waals surface area contributed by atoms with Gasteiger partial charge in [-0.1, -0.05) is 60.7 Å². The van der Waals surface area contributed by atoms with Crippen LogP contribution in [0.4, 0.5) is 31.1 Å². The maximum atomic E-state index is 13.9. The van der Waals surface area contributed by atoms with Crippen molar-refractivity contribution in [3.8, 4) is 0 Å². The molecule has 1 aliphatic heterocycles. The summed E-state index contributed by atoms with van der Waals surface area (Å²) in [4.78, 5) is 27.3. The van der Waals surface area contributed by atoms with Gasteiger partial charge in [-0.05, 0) is 54.7 Å². The number of amides is 2. The molecule has 1 unspecified atom stereocenters. The molecule has 1 aliphatic rings. The van der Waals surface area contributed by atoms with Crippen LogP contribution in [0.3, 0.4) is 0 Å². The molecule has 3 aromatic rings. The molecule has 2 N–H and O–H groups in total. The predicted octanol–water partition coefficient (Wildman–Crippen LogP) is 7.00. The number of carbonyl (C=O) groups excluding carboxylic acids is 2. The molecule has 46 heavy (non-hydrogen) atoms. The molecule has 1 heterocycles. The second-order valence-corrected chi connectivity index (χ2v) is 11.4. The van der Waals surface area contributed by atoms with Crippen molar-refractivity contribution in [3.05, 3.63) is 107 Å². The number of hydrogen-bond donors (Lipinski definition) is 2. The third-order valence-electron chi connectivity index (χ3n) is 8.13. The van der Waals surface area contributed by atoms with Crippen LogP contribution in [0.5, 0.6) is 0 Å². The Bertz CT molecular complexity index is 1470. The van der Waals surface area contributed by atoms with Crippen LogP contribution in [0.15, 0.2) is 78.9 Å². The molecular formula is C33H34F6N2O5. The number of rotatable bonds is 9. The highest BCUT2D eigenvalue weighted by Crippen LogP contribution is 2.44. The first-order chi connectivity index (χ1) is 21.6. The van der Waals surface area contributed by atoms with Crippen LogP contribution < -0.4 is 5.32 Å². The molecule has 3 aromatic carbocycles. The van der Waals surface area contributed by atoms with Crippen molar-refractivity contribution in [2.24, 2.45) is 0 Å². The van der Waals surface area contributed by atoms with E-state index in [4.69, 9.17) is 9.47 Å². The molecule has 0 saturated carbocycles. The second-order valence-electron chi connectivity index (χ2n) is 11.4. The van der Waals surface area contributed by atoms with Gasteiger partial charge in [-0.3, -0.25) is 9.69 Å². The Morgan fingerprint density at radius 1 is 0.913 bits per heavy atom. The molecule has 0 aromatic heterocycles. The Labute approximate surface area is 262 Å². The van der Waals surface area contributed by atoms with Gasteiger partial charge in [0, 0.05) is 6.92 Å². The topological polar surface area (TPSA) is 88.1 Å². The van der Waals surface area contributed by atoms with E-state index in [1.807, 2.05) is 0 Å². The van der Waals surface area contributed by atoms with Gasteiger partial charge in [0.05, 0.1) is 48.1 Å². The Morgan fingerprint density at radius 2 is 1.48 bits per heavy atom. The smallest absolute Gasteiger partial charge is 0.416 e. The molecule has 0 bridgehead atoms. The Kier molecular flexibility index (Phi) is 10.4. The average molecular weight is 653 g/mol. The van der Waals surface area contributed by atoms with Crippen molar-refractivity contribution in [1.29, 1.82) is 0 Å². The maximum absolute atomic E-state index is 13.9. The van der Waals surface area contributed by atoms with Gasteiger partial charge in [0.25, 0.3) is 0 Å². The number of hydrogen-bond acceptors (Lipinski definition) is 5. The van der Waals surface area contributed by atoms with Crippen LogP contribution in [0.2, 0.25) is 0 Å². The number of ether oxygens (including phenoxy) is 2. The van der Waals surface area contributed by atoms with Crippen LogP contribution in [0.1, 0.15) is 60.6 Å². The lowest BCUT2D eigenvalue weighted by molar-refractivity contribution is -0.143. The zero-order chi connectivity index (χ0) is 33.8. The first kappa shape index (κ1) is 34.8. The molecule has 0 spiro atoms. The Hall–Kier alpha value is -4.10. The van der Waals surface area contributed by atoms with E-state index in [1.165, 1.54) is 18.7 Å². The standard InChI is InChI=1S/C33H34F6N2O5/c1-22(25-15-27(32(34,35)36)17-28(16-25)33(37,38)39)46-21-31(26-11-7-4-8-12-26)14-13-30(20-42,40-23(2)43)19-41(31)29(44)45-18-24-9-5-3-6-10-24/h3-12,15-17,22,42H,13-14,18-21H2,1-2H3,(H,40,43)/t22-,30?,31-/m1/s1. The van der Waals surface area contributed by atoms with Gasteiger partial charge in [-0.2, -0.15) is 26.3 Å². The van der Waals surface area contributed by atoms with Crippen molar-refractivity contribution in [1.82, 2.24) is 10.2 Å². The number of piperidine rings is 1. The van der Waals surface area contributed by atoms with Crippen LogP contribution in [0.25, 0.3) is 0 Å². The largest absolute Gasteiger partial charge is 0.445 e. The Morgan fingerprint density at radius 3 is 2.00 bits per heavy atom. The minimum Gasteiger partial charge on any atom is -0.445 e. The van der Waals surface area contributed by atoms with Gasteiger partial charge in [0.2, 0.25) is 5.91 Å². The van der Waals surface area contributed by atoms with E-state index in [2.05, 4.69) is 5.32 Å². The highest BCUT2D eigenvalue weighted by atomic mass is 19.4. The number of benzene rings is 3. The summed E-state index contributed by atoms with van der Waals surface area (Å²) in [6.45, 7) is 1.35. The van der Waals surface area contributed by atoms with Crippen molar-refractivity contribution in [2.45, 2.75) is 62.8 Å². The lowest BCUT2D eigenvalue weighted by atomic mass is 9.75. The fourth-order valence-electron chi connectivity index (χ4n) is 5.65. The molecule has 1 saturated heterocycles. The summed E-state index contributed by atoms with van der Waals surface area (Å²) in [7, 11) is 0. The molecule has 248 valence electrons. The lowest BCUT2D eigenvalue weighted by Gasteiger charge is -2.53. The lowest BCUT2D eigenvalue weighted by Crippen LogP contribution is -2.68. The van der Waals surface area contributed by atoms with Crippen molar-refractivity contribution in [2.75, 3.05) is 19.8 Å². The van der Waals surface area contributed by atoms with Gasteiger partial charge >= 0.3 is 18.4 Å². The van der Waals surface area contributed by atoms with Crippen LogP contribution >= 0.6 is 0 Å². The number of nitrogens with zero attached hydrogens (tertiary/aromatic N) is 1. The van der Waals surface area contributed by atoms with Gasteiger partial charge in [0.15, 0.2) is 0 Å². The molecule has 2 amide bonds. The molecule has 13 heteroatoms. The summed E-state index contributed by atoms with van der Waals surface area (Å²) in [5.74, 6) is -0.450. The molecule has 4 rings (SSSR count). The van der Waals surface area contributed by atoms with Crippen LogP contribution in [0, 0.1) is 0 Å². The minimum atomic E-state index is -5.04. The number of halogens is 6. The fraction of sp³-hybridized carbons (Fsp3) is 0.394. The van der Waals surface area contributed by atoms with Gasteiger partial charge < -0.3 is 19.9 Å². The first-order valence-corrected chi connectivity index (χ1v) is 14.4. The van der Waals surface area contributed by atoms with Crippen LogP contribution in [-0.2, 0) is 38.8 Å². The summed E-state index contributed by atoms with van der Waals surface area (Å²) < 4.78 is 93.2. The van der Waals surface area contributed by atoms with E-state index in [0.29, 0.717) is 23.3 Å². The number of nitrogens with one attached hydrogen (secondary N) is 1. The number of aliphatic hydroxyl groups excluding tert-OH is 1. The van der Waals surface area contributed by atoms with Gasteiger partial charge in [-0.15, -0.1) is 0 Å².